The summed E-state index contributed by atoms with van der Waals surface area (Å²) in [7, 11) is 0. The zero-order valence-electron chi connectivity index (χ0n) is 26.0. The Morgan fingerprint density at radius 3 is 1.93 bits per heavy atom. The van der Waals surface area contributed by atoms with Gasteiger partial charge in [0.15, 0.2) is 5.82 Å². The molecule has 0 radical (unpaired) electrons. The van der Waals surface area contributed by atoms with Crippen molar-refractivity contribution in [1.29, 1.82) is 0 Å². The van der Waals surface area contributed by atoms with E-state index in [1.54, 1.807) is 6.07 Å². The normalized spacial score (nSPS) is 17.0. The molecule has 0 unspecified atom stereocenters. The summed E-state index contributed by atoms with van der Waals surface area (Å²) in [6, 6.07) is 4.58. The fraction of sp³-hybridized carbons (Fsp3) is 0.694. The number of aryl methyl sites for hydroxylation is 1. The van der Waals surface area contributed by atoms with Crippen molar-refractivity contribution < 1.29 is 13.9 Å². The second-order valence-corrected chi connectivity index (χ2v) is 12.3. The molecular formula is C36H55FN2O2. The highest BCUT2D eigenvalue weighted by atomic mass is 19.1. The lowest BCUT2D eigenvalue weighted by atomic mass is 9.84. The summed E-state index contributed by atoms with van der Waals surface area (Å²) < 4.78 is 20.7. The van der Waals surface area contributed by atoms with E-state index in [0.717, 1.165) is 50.0 Å². The maximum atomic E-state index is 14.9. The number of nitrogens with zero attached hydrogens (tertiary/aromatic N) is 2. The topological polar surface area (TPSA) is 52.1 Å². The zero-order chi connectivity index (χ0) is 29.1. The molecule has 0 N–H and O–H groups in total. The molecule has 0 saturated heterocycles. The van der Waals surface area contributed by atoms with E-state index in [4.69, 9.17) is 4.74 Å². The monoisotopic (exact) mass is 566 g/mol. The molecule has 0 atom stereocenters. The van der Waals surface area contributed by atoms with E-state index in [-0.39, 0.29) is 11.7 Å². The number of carbonyl (C=O) groups is 1. The van der Waals surface area contributed by atoms with Crippen LogP contribution in [0.25, 0.3) is 11.4 Å². The summed E-state index contributed by atoms with van der Waals surface area (Å²) in [4.78, 5) is 21.7. The summed E-state index contributed by atoms with van der Waals surface area (Å²) in [6.45, 7) is 4.51. The molecule has 41 heavy (non-hydrogen) atoms. The molecule has 5 heteroatoms. The highest BCUT2D eigenvalue weighted by molar-refractivity contribution is 5.90. The zero-order valence-corrected chi connectivity index (χ0v) is 26.0. The summed E-state index contributed by atoms with van der Waals surface area (Å²) in [6.07, 6.45) is 29.5. The van der Waals surface area contributed by atoms with Gasteiger partial charge < -0.3 is 4.74 Å². The van der Waals surface area contributed by atoms with Crippen LogP contribution in [0.3, 0.4) is 0 Å². The van der Waals surface area contributed by atoms with Crippen LogP contribution < -0.4 is 0 Å². The molecule has 1 aliphatic carbocycles. The smallest absolute Gasteiger partial charge is 0.341 e. The van der Waals surface area contributed by atoms with E-state index in [2.05, 4.69) is 23.8 Å². The van der Waals surface area contributed by atoms with E-state index in [1.807, 2.05) is 12.4 Å². The van der Waals surface area contributed by atoms with Gasteiger partial charge in [0.2, 0.25) is 0 Å². The van der Waals surface area contributed by atoms with Crippen LogP contribution in [0.2, 0.25) is 0 Å². The van der Waals surface area contributed by atoms with Crippen LogP contribution in [0, 0.1) is 11.7 Å². The van der Waals surface area contributed by atoms with Gasteiger partial charge >= 0.3 is 5.97 Å². The van der Waals surface area contributed by atoms with Gasteiger partial charge in [0, 0.05) is 18.0 Å². The number of ether oxygens (including phenoxy) is 1. The molecule has 1 aliphatic rings. The number of rotatable bonds is 20. The van der Waals surface area contributed by atoms with Gasteiger partial charge in [0.25, 0.3) is 0 Å². The lowest BCUT2D eigenvalue weighted by molar-refractivity contribution is 0.0156. The number of hydrogen-bond acceptors (Lipinski definition) is 4. The molecule has 228 valence electrons. The number of unbranched alkanes of at least 4 members (excludes halogenated alkanes) is 13. The molecule has 2 aromatic rings. The fourth-order valence-corrected chi connectivity index (χ4v) is 6.06. The molecule has 1 saturated carbocycles. The first-order valence-corrected chi connectivity index (χ1v) is 16.9. The number of benzene rings is 1. The Labute approximate surface area is 249 Å². The van der Waals surface area contributed by atoms with Gasteiger partial charge in [-0.15, -0.1) is 0 Å². The van der Waals surface area contributed by atoms with E-state index >= 15 is 0 Å². The summed E-state index contributed by atoms with van der Waals surface area (Å²) in [5, 5.41) is 0. The maximum absolute atomic E-state index is 14.9. The molecule has 3 rings (SSSR count). The molecule has 4 nitrogen and oxygen atoms in total. The van der Waals surface area contributed by atoms with Crippen LogP contribution in [0.4, 0.5) is 4.39 Å². The molecular weight excluding hydrogens is 511 g/mol. The number of aromatic nitrogens is 2. The molecule has 1 fully saturated rings. The highest BCUT2D eigenvalue weighted by Gasteiger charge is 2.25. The first-order chi connectivity index (χ1) is 20.1. The van der Waals surface area contributed by atoms with Crippen LogP contribution in [-0.4, -0.2) is 22.0 Å². The Balaban J connectivity index is 1.36. The van der Waals surface area contributed by atoms with Gasteiger partial charge in [-0.2, -0.15) is 0 Å². The van der Waals surface area contributed by atoms with Gasteiger partial charge in [0.1, 0.15) is 11.9 Å². The van der Waals surface area contributed by atoms with Crippen molar-refractivity contribution in [3.8, 4) is 11.4 Å². The fourth-order valence-electron chi connectivity index (χ4n) is 6.06. The van der Waals surface area contributed by atoms with Crippen molar-refractivity contribution in [2.24, 2.45) is 5.92 Å². The second kappa shape index (κ2) is 19.8. The van der Waals surface area contributed by atoms with Gasteiger partial charge in [-0.05, 0) is 62.1 Å². The van der Waals surface area contributed by atoms with Crippen LogP contribution in [0.15, 0.2) is 30.6 Å². The number of esters is 1. The second-order valence-electron chi connectivity index (χ2n) is 12.3. The van der Waals surface area contributed by atoms with Crippen LogP contribution in [-0.2, 0) is 11.2 Å². The third-order valence-electron chi connectivity index (χ3n) is 8.75. The van der Waals surface area contributed by atoms with E-state index in [0.29, 0.717) is 11.4 Å². The highest BCUT2D eigenvalue weighted by Crippen LogP contribution is 2.31. The first kappa shape index (κ1) is 33.2. The van der Waals surface area contributed by atoms with Crippen molar-refractivity contribution in [1.82, 2.24) is 9.97 Å². The number of halogens is 1. The predicted molar refractivity (Wildman–Crippen MR) is 168 cm³/mol. The van der Waals surface area contributed by atoms with Crippen molar-refractivity contribution >= 4 is 5.97 Å². The molecule has 0 spiro atoms. The van der Waals surface area contributed by atoms with E-state index in [1.165, 1.54) is 108 Å². The standard InChI is InChI=1S/C36H55FN2O2/c1-3-5-7-9-11-13-15-17-19-30-27-38-35(39-28-30)31-22-25-33(34(37)26-31)36(40)41-32-23-20-29(21-24-32)18-16-14-12-10-8-6-4-2/h22,25-29,32H,3-21,23-24H2,1-2H3. The lowest BCUT2D eigenvalue weighted by Gasteiger charge is -2.28. The van der Waals surface area contributed by atoms with Gasteiger partial charge in [-0.1, -0.05) is 116 Å². The Hall–Kier alpha value is -2.30. The quantitative estimate of drug-likeness (QED) is 0.118. The number of hydrogen-bond donors (Lipinski definition) is 0. The molecule has 0 aliphatic heterocycles. The van der Waals surface area contributed by atoms with E-state index < -0.39 is 11.8 Å². The minimum Gasteiger partial charge on any atom is -0.459 e. The molecule has 1 aromatic carbocycles. The minimum atomic E-state index is -0.577. The van der Waals surface area contributed by atoms with Crippen LogP contribution in [0.5, 0.6) is 0 Å². The Morgan fingerprint density at radius 1 is 0.780 bits per heavy atom. The van der Waals surface area contributed by atoms with Gasteiger partial charge in [0.05, 0.1) is 5.56 Å². The summed E-state index contributed by atoms with van der Waals surface area (Å²) in [5.74, 6) is 0.0732. The van der Waals surface area contributed by atoms with Crippen LogP contribution >= 0.6 is 0 Å². The molecule has 0 bridgehead atoms. The lowest BCUT2D eigenvalue weighted by Crippen LogP contribution is -2.25. The predicted octanol–water partition coefficient (Wildman–Crippen LogP) is 10.8. The van der Waals surface area contributed by atoms with Crippen molar-refractivity contribution in [3.63, 3.8) is 0 Å². The first-order valence-electron chi connectivity index (χ1n) is 16.9. The summed E-state index contributed by atoms with van der Waals surface area (Å²) in [5.41, 5.74) is 1.67. The maximum Gasteiger partial charge on any atom is 0.341 e. The average molecular weight is 567 g/mol. The molecule has 0 amide bonds. The van der Waals surface area contributed by atoms with Gasteiger partial charge in [-0.3, -0.25) is 0 Å². The Morgan fingerprint density at radius 2 is 1.34 bits per heavy atom. The molecule has 1 heterocycles. The van der Waals surface area contributed by atoms with Crippen molar-refractivity contribution in [2.45, 2.75) is 155 Å². The average Bonchev–Trinajstić information content (AvgIpc) is 2.99. The Bertz CT molecular complexity index is 986. The van der Waals surface area contributed by atoms with Gasteiger partial charge in [-0.25, -0.2) is 19.2 Å². The largest absolute Gasteiger partial charge is 0.459 e. The minimum absolute atomic E-state index is 0.00902. The third-order valence-corrected chi connectivity index (χ3v) is 8.75. The summed E-state index contributed by atoms with van der Waals surface area (Å²) >= 11 is 0. The molecule has 1 aromatic heterocycles. The third kappa shape index (κ3) is 12.6. The number of carbonyl (C=O) groups excluding carboxylic acids is 1. The SMILES string of the molecule is CCCCCCCCCCc1cnc(-c2ccc(C(=O)OC3CCC(CCCCCCCCC)CC3)c(F)c2)nc1. The van der Waals surface area contributed by atoms with Crippen molar-refractivity contribution in [3.05, 3.63) is 47.5 Å². The Kier molecular flexibility index (Phi) is 16.0. The van der Waals surface area contributed by atoms with E-state index in [9.17, 15) is 9.18 Å². The van der Waals surface area contributed by atoms with Crippen LogP contribution in [0.1, 0.15) is 158 Å². The van der Waals surface area contributed by atoms with Crippen molar-refractivity contribution in [2.75, 3.05) is 0 Å².